The second-order valence-corrected chi connectivity index (χ2v) is 8.28. The predicted octanol–water partition coefficient (Wildman–Crippen LogP) is 5.82. The van der Waals surface area contributed by atoms with Gasteiger partial charge < -0.3 is 20.6 Å². The van der Waals surface area contributed by atoms with Crippen LogP contribution in [0, 0.1) is 5.82 Å². The van der Waals surface area contributed by atoms with Gasteiger partial charge in [0.1, 0.15) is 18.2 Å². The number of furan rings is 1. The highest BCUT2D eigenvalue weighted by molar-refractivity contribution is 7.17. The number of carbonyl (C=O) groups excluding carboxylic acids is 1. The lowest BCUT2D eigenvalue weighted by atomic mass is 10.1. The van der Waals surface area contributed by atoms with E-state index in [0.29, 0.717) is 21.4 Å². The molecule has 6 nitrogen and oxygen atoms in total. The predicted molar refractivity (Wildman–Crippen MR) is 116 cm³/mol. The van der Waals surface area contributed by atoms with Gasteiger partial charge in [-0.25, -0.2) is 9.37 Å². The number of rotatable bonds is 5. The van der Waals surface area contributed by atoms with Gasteiger partial charge in [0.2, 0.25) is 5.75 Å². The summed E-state index contributed by atoms with van der Waals surface area (Å²) >= 11 is 13.5. The third-order valence-electron chi connectivity index (χ3n) is 4.50. The van der Waals surface area contributed by atoms with Crippen LogP contribution in [0.4, 0.5) is 10.2 Å². The Morgan fingerprint density at radius 3 is 2.77 bits per heavy atom. The van der Waals surface area contributed by atoms with Crippen molar-refractivity contribution in [1.82, 2.24) is 4.98 Å². The second-order valence-electron chi connectivity index (χ2n) is 6.41. The molecule has 30 heavy (non-hydrogen) atoms. The van der Waals surface area contributed by atoms with Gasteiger partial charge in [-0.1, -0.05) is 23.2 Å². The zero-order chi connectivity index (χ0) is 21.6. The number of amides is 1. The number of hydrogen-bond donors (Lipinski definition) is 2. The van der Waals surface area contributed by atoms with Crippen LogP contribution in [0.3, 0.4) is 0 Å². The number of primary amides is 1. The van der Waals surface area contributed by atoms with Crippen LogP contribution >= 0.6 is 34.5 Å². The molecule has 0 bridgehead atoms. The third-order valence-corrected chi connectivity index (χ3v) is 6.34. The molecule has 1 unspecified atom stereocenters. The summed E-state index contributed by atoms with van der Waals surface area (Å²) in [6.45, 7) is 1.66. The number of carbonyl (C=O) groups is 1. The van der Waals surface area contributed by atoms with Crippen molar-refractivity contribution in [2.45, 2.75) is 13.0 Å². The number of nitrogen functional groups attached to an aromatic ring is 1. The van der Waals surface area contributed by atoms with Crippen molar-refractivity contribution < 1.29 is 18.3 Å². The first kappa shape index (κ1) is 20.5. The Hall–Kier alpha value is -2.81. The summed E-state index contributed by atoms with van der Waals surface area (Å²) in [6, 6.07) is 5.98. The summed E-state index contributed by atoms with van der Waals surface area (Å²) in [7, 11) is 0. The fourth-order valence-corrected chi connectivity index (χ4v) is 4.61. The minimum atomic E-state index is -0.743. The number of aromatic nitrogens is 1. The van der Waals surface area contributed by atoms with Crippen molar-refractivity contribution in [2.24, 2.45) is 5.73 Å². The highest BCUT2D eigenvalue weighted by Crippen LogP contribution is 2.42. The molecule has 0 fully saturated rings. The molecule has 0 aliphatic heterocycles. The van der Waals surface area contributed by atoms with E-state index in [9.17, 15) is 9.18 Å². The molecular weight excluding hydrogens is 452 g/mol. The molecule has 0 aliphatic rings. The molecule has 0 aliphatic carbocycles. The molecule has 10 heteroatoms. The molecule has 3 aromatic heterocycles. The molecule has 3 heterocycles. The summed E-state index contributed by atoms with van der Waals surface area (Å²) in [4.78, 5) is 16.8. The maximum Gasteiger partial charge on any atom is 0.258 e. The average molecular weight is 466 g/mol. The number of nitrogens with zero attached hydrogens (tertiary/aromatic N) is 1. The van der Waals surface area contributed by atoms with Crippen LogP contribution in [-0.2, 0) is 0 Å². The zero-order valence-electron chi connectivity index (χ0n) is 15.4. The second kappa shape index (κ2) is 7.79. The Kier molecular flexibility index (Phi) is 5.31. The summed E-state index contributed by atoms with van der Waals surface area (Å²) in [5, 5.41) is 0.748. The van der Waals surface area contributed by atoms with Gasteiger partial charge in [0.05, 0.1) is 15.3 Å². The van der Waals surface area contributed by atoms with E-state index in [2.05, 4.69) is 4.98 Å². The summed E-state index contributed by atoms with van der Waals surface area (Å²) < 4.78 is 25.6. The highest BCUT2D eigenvalue weighted by atomic mass is 35.5. The van der Waals surface area contributed by atoms with Gasteiger partial charge in [0.15, 0.2) is 11.4 Å². The van der Waals surface area contributed by atoms with E-state index in [-0.39, 0.29) is 27.2 Å². The molecular formula is C20H14Cl2FN3O3S. The molecule has 0 radical (unpaired) electrons. The molecule has 0 spiro atoms. The average Bonchev–Trinajstić information content (AvgIpc) is 3.34. The maximum absolute atomic E-state index is 13.9. The van der Waals surface area contributed by atoms with Crippen molar-refractivity contribution >= 4 is 57.2 Å². The van der Waals surface area contributed by atoms with Crippen molar-refractivity contribution in [3.05, 3.63) is 63.0 Å². The first-order valence-corrected chi connectivity index (χ1v) is 10.2. The number of hydrogen-bond acceptors (Lipinski definition) is 6. The van der Waals surface area contributed by atoms with Crippen LogP contribution < -0.4 is 16.2 Å². The smallest absolute Gasteiger partial charge is 0.258 e. The van der Waals surface area contributed by atoms with E-state index in [1.165, 1.54) is 29.7 Å². The van der Waals surface area contributed by atoms with Gasteiger partial charge >= 0.3 is 0 Å². The molecule has 1 aromatic carbocycles. The number of nitrogens with two attached hydrogens (primary N) is 2. The maximum atomic E-state index is 13.9. The van der Waals surface area contributed by atoms with E-state index in [1.54, 1.807) is 25.3 Å². The van der Waals surface area contributed by atoms with Crippen LogP contribution in [0.25, 0.3) is 21.4 Å². The van der Waals surface area contributed by atoms with Crippen LogP contribution in [0.1, 0.15) is 28.3 Å². The number of halogens is 3. The Bertz CT molecular complexity index is 1290. The number of thiophene rings is 1. The fourth-order valence-electron chi connectivity index (χ4n) is 3.05. The van der Waals surface area contributed by atoms with E-state index in [0.717, 1.165) is 4.88 Å². The van der Waals surface area contributed by atoms with Crippen molar-refractivity contribution in [1.29, 1.82) is 0 Å². The lowest BCUT2D eigenvalue weighted by Crippen LogP contribution is -2.08. The fraction of sp³-hybridized carbons (Fsp3) is 0.100. The minimum absolute atomic E-state index is 0.0860. The molecule has 154 valence electrons. The number of anilines is 1. The molecule has 1 atom stereocenters. The highest BCUT2D eigenvalue weighted by Gasteiger charge is 2.23. The Balaban J connectivity index is 1.77. The standard InChI is InChI=1S/C20H14Cl2FN3O3S/c1-8(15-11(21)2-3-12(23)16(15)22)29-18-17-9(6-26-19(18)24)10(7-28-17)13-4-5-14(30-13)20(25)27/h2-8H,1H3,(H2,24,26)(H2,25,27). The summed E-state index contributed by atoms with van der Waals surface area (Å²) in [6.07, 6.45) is 2.32. The lowest BCUT2D eigenvalue weighted by molar-refractivity contribution is 0.100. The SMILES string of the molecule is CC(Oc1c(N)ncc2c(-c3ccc(C(N)=O)s3)coc12)c1c(Cl)ccc(F)c1Cl. The number of ether oxygens (including phenoxy) is 1. The number of benzene rings is 1. The molecule has 4 aromatic rings. The topological polar surface area (TPSA) is 104 Å². The van der Waals surface area contributed by atoms with Gasteiger partial charge in [0.25, 0.3) is 5.91 Å². The van der Waals surface area contributed by atoms with Crippen molar-refractivity contribution in [3.63, 3.8) is 0 Å². The lowest BCUT2D eigenvalue weighted by Gasteiger charge is -2.18. The van der Waals surface area contributed by atoms with E-state index in [1.807, 2.05) is 0 Å². The first-order valence-electron chi connectivity index (χ1n) is 8.63. The quantitative estimate of drug-likeness (QED) is 0.361. The van der Waals surface area contributed by atoms with Gasteiger partial charge in [-0.15, -0.1) is 11.3 Å². The van der Waals surface area contributed by atoms with E-state index >= 15 is 0 Å². The molecule has 1 amide bonds. The van der Waals surface area contributed by atoms with Crippen LogP contribution in [0.15, 0.2) is 41.1 Å². The summed E-state index contributed by atoms with van der Waals surface area (Å²) in [5.74, 6) is -0.862. The Labute approximate surface area is 184 Å². The van der Waals surface area contributed by atoms with E-state index < -0.39 is 17.8 Å². The minimum Gasteiger partial charge on any atom is -0.478 e. The van der Waals surface area contributed by atoms with Gasteiger partial charge in [-0.3, -0.25) is 4.79 Å². The monoisotopic (exact) mass is 465 g/mol. The van der Waals surface area contributed by atoms with Crippen LogP contribution in [0.2, 0.25) is 10.0 Å². The largest absolute Gasteiger partial charge is 0.478 e. The summed E-state index contributed by atoms with van der Waals surface area (Å²) in [5.41, 5.74) is 12.7. The van der Waals surface area contributed by atoms with Crippen LogP contribution in [0.5, 0.6) is 5.75 Å². The molecule has 0 saturated heterocycles. The van der Waals surface area contributed by atoms with Crippen molar-refractivity contribution in [2.75, 3.05) is 5.73 Å². The third kappa shape index (κ3) is 3.47. The van der Waals surface area contributed by atoms with Gasteiger partial charge in [-0.05, 0) is 31.2 Å². The molecule has 0 saturated carbocycles. The van der Waals surface area contributed by atoms with Gasteiger partial charge in [-0.2, -0.15) is 0 Å². The Morgan fingerprint density at radius 2 is 2.07 bits per heavy atom. The molecule has 4 rings (SSSR count). The number of fused-ring (bicyclic) bond motifs is 1. The normalized spacial score (nSPS) is 12.3. The number of pyridine rings is 1. The van der Waals surface area contributed by atoms with E-state index in [4.69, 9.17) is 43.8 Å². The first-order chi connectivity index (χ1) is 14.3. The van der Waals surface area contributed by atoms with Crippen LogP contribution in [-0.4, -0.2) is 10.9 Å². The zero-order valence-corrected chi connectivity index (χ0v) is 17.7. The molecule has 4 N–H and O–H groups in total. The van der Waals surface area contributed by atoms with Gasteiger partial charge in [0, 0.05) is 27.2 Å². The van der Waals surface area contributed by atoms with Crippen molar-refractivity contribution in [3.8, 4) is 16.2 Å². The Morgan fingerprint density at radius 1 is 1.30 bits per heavy atom.